The van der Waals surface area contributed by atoms with Gasteiger partial charge in [-0.3, -0.25) is 4.57 Å². The number of aromatic nitrogens is 5. The number of rotatable bonds is 4. The third kappa shape index (κ3) is 2.99. The van der Waals surface area contributed by atoms with E-state index in [0.717, 1.165) is 13.0 Å². The van der Waals surface area contributed by atoms with Gasteiger partial charge in [0.2, 0.25) is 11.2 Å². The van der Waals surface area contributed by atoms with Crippen LogP contribution < -0.4 is 4.74 Å². The lowest BCUT2D eigenvalue weighted by Gasteiger charge is -2.09. The fourth-order valence-electron chi connectivity index (χ4n) is 1.79. The molecule has 0 aromatic carbocycles. The number of hydrogen-bond donors (Lipinski definition) is 0. The van der Waals surface area contributed by atoms with Crippen molar-refractivity contribution in [3.63, 3.8) is 0 Å². The molecular weight excluding hydrogens is 270 g/mol. The Morgan fingerprint density at radius 3 is 3.11 bits per heavy atom. The van der Waals surface area contributed by atoms with Crippen LogP contribution in [0.15, 0.2) is 18.7 Å². The van der Waals surface area contributed by atoms with Crippen LogP contribution in [-0.2, 0) is 4.74 Å². The second-order valence-corrected chi connectivity index (χ2v) is 4.54. The van der Waals surface area contributed by atoms with Crippen LogP contribution in [0, 0.1) is 5.92 Å². The second-order valence-electron chi connectivity index (χ2n) is 4.20. The summed E-state index contributed by atoms with van der Waals surface area (Å²) in [6.45, 7) is 2.02. The molecule has 19 heavy (non-hydrogen) atoms. The van der Waals surface area contributed by atoms with Crippen molar-refractivity contribution in [2.24, 2.45) is 5.92 Å². The van der Waals surface area contributed by atoms with Crippen LogP contribution in [0.5, 0.6) is 6.01 Å². The van der Waals surface area contributed by atoms with Crippen molar-refractivity contribution in [1.29, 1.82) is 0 Å². The summed E-state index contributed by atoms with van der Waals surface area (Å²) in [7, 11) is 0. The standard InChI is InChI=1S/C11H12ClN5O2/c12-9-14-10(17-3-2-13-7-17)16-11(15-9)19-6-8-1-4-18-5-8/h2-3,7-8H,1,4-6H2. The lowest BCUT2D eigenvalue weighted by atomic mass is 10.1. The number of ether oxygens (including phenoxy) is 2. The van der Waals surface area contributed by atoms with Crippen LogP contribution in [0.3, 0.4) is 0 Å². The SMILES string of the molecule is Clc1nc(OCC2CCOC2)nc(-n2ccnc2)n1. The zero-order chi connectivity index (χ0) is 13.1. The Labute approximate surface area is 114 Å². The molecule has 8 heteroatoms. The summed E-state index contributed by atoms with van der Waals surface area (Å²) in [5.41, 5.74) is 0. The first kappa shape index (κ1) is 12.3. The Morgan fingerprint density at radius 2 is 2.37 bits per heavy atom. The summed E-state index contributed by atoms with van der Waals surface area (Å²) in [5, 5.41) is 0.0939. The van der Waals surface area contributed by atoms with Gasteiger partial charge in [0.15, 0.2) is 0 Å². The van der Waals surface area contributed by atoms with Gasteiger partial charge in [0.1, 0.15) is 6.33 Å². The quantitative estimate of drug-likeness (QED) is 0.836. The van der Waals surface area contributed by atoms with Gasteiger partial charge in [-0.05, 0) is 18.0 Å². The Balaban J connectivity index is 1.74. The van der Waals surface area contributed by atoms with Gasteiger partial charge < -0.3 is 9.47 Å². The maximum absolute atomic E-state index is 5.86. The van der Waals surface area contributed by atoms with Gasteiger partial charge in [-0.15, -0.1) is 0 Å². The number of halogens is 1. The minimum absolute atomic E-state index is 0.0939. The second kappa shape index (κ2) is 5.50. The van der Waals surface area contributed by atoms with Gasteiger partial charge in [0, 0.05) is 24.9 Å². The Hall–Kier alpha value is -1.73. The van der Waals surface area contributed by atoms with Crippen molar-refractivity contribution in [2.75, 3.05) is 19.8 Å². The van der Waals surface area contributed by atoms with E-state index in [1.54, 1.807) is 23.3 Å². The minimum Gasteiger partial charge on any atom is -0.463 e. The third-order valence-electron chi connectivity index (χ3n) is 2.78. The predicted molar refractivity (Wildman–Crippen MR) is 66.4 cm³/mol. The van der Waals surface area contributed by atoms with E-state index in [1.165, 1.54) is 0 Å². The highest BCUT2D eigenvalue weighted by Crippen LogP contribution is 2.15. The van der Waals surface area contributed by atoms with Crippen LogP contribution in [0.25, 0.3) is 5.95 Å². The van der Waals surface area contributed by atoms with E-state index < -0.39 is 0 Å². The average molecular weight is 282 g/mol. The van der Waals surface area contributed by atoms with Crippen LogP contribution in [0.2, 0.25) is 5.28 Å². The molecule has 0 amide bonds. The summed E-state index contributed by atoms with van der Waals surface area (Å²) >= 11 is 5.86. The molecule has 3 rings (SSSR count). The molecule has 1 aliphatic heterocycles. The summed E-state index contributed by atoms with van der Waals surface area (Å²) in [4.78, 5) is 16.1. The zero-order valence-corrected chi connectivity index (χ0v) is 10.8. The number of hydrogen-bond acceptors (Lipinski definition) is 6. The van der Waals surface area contributed by atoms with E-state index in [4.69, 9.17) is 21.1 Å². The predicted octanol–water partition coefficient (Wildman–Crippen LogP) is 1.13. The van der Waals surface area contributed by atoms with Crippen molar-refractivity contribution in [2.45, 2.75) is 6.42 Å². The summed E-state index contributed by atoms with van der Waals surface area (Å²) < 4.78 is 12.5. The third-order valence-corrected chi connectivity index (χ3v) is 2.95. The largest absolute Gasteiger partial charge is 0.463 e. The molecule has 1 atom stereocenters. The Kier molecular flexibility index (Phi) is 3.56. The highest BCUT2D eigenvalue weighted by molar-refractivity contribution is 6.28. The molecule has 1 aliphatic rings. The van der Waals surface area contributed by atoms with Crippen molar-refractivity contribution in [3.8, 4) is 12.0 Å². The highest BCUT2D eigenvalue weighted by atomic mass is 35.5. The molecule has 0 aliphatic carbocycles. The first-order valence-electron chi connectivity index (χ1n) is 5.92. The molecule has 100 valence electrons. The van der Waals surface area contributed by atoms with Gasteiger partial charge in [0.05, 0.1) is 13.2 Å². The molecule has 0 spiro atoms. The van der Waals surface area contributed by atoms with E-state index >= 15 is 0 Å². The zero-order valence-electron chi connectivity index (χ0n) is 10.1. The maximum Gasteiger partial charge on any atom is 0.322 e. The topological polar surface area (TPSA) is 75.0 Å². The lowest BCUT2D eigenvalue weighted by Crippen LogP contribution is -2.14. The molecule has 0 radical (unpaired) electrons. The molecule has 2 aromatic heterocycles. The van der Waals surface area contributed by atoms with Crippen molar-refractivity contribution < 1.29 is 9.47 Å². The van der Waals surface area contributed by atoms with Crippen molar-refractivity contribution in [1.82, 2.24) is 24.5 Å². The van der Waals surface area contributed by atoms with Crippen molar-refractivity contribution in [3.05, 3.63) is 24.0 Å². The van der Waals surface area contributed by atoms with Crippen LogP contribution in [-0.4, -0.2) is 44.3 Å². The summed E-state index contributed by atoms with van der Waals surface area (Å²) in [5.74, 6) is 0.766. The molecule has 2 aromatic rings. The van der Waals surface area contributed by atoms with E-state index in [0.29, 0.717) is 25.1 Å². The number of nitrogens with zero attached hydrogens (tertiary/aromatic N) is 5. The molecule has 0 N–H and O–H groups in total. The molecule has 1 saturated heterocycles. The smallest absolute Gasteiger partial charge is 0.322 e. The highest BCUT2D eigenvalue weighted by Gasteiger charge is 2.17. The van der Waals surface area contributed by atoms with Gasteiger partial charge >= 0.3 is 6.01 Å². The van der Waals surface area contributed by atoms with Crippen LogP contribution in [0.1, 0.15) is 6.42 Å². The minimum atomic E-state index is 0.0939. The number of imidazole rings is 1. The van der Waals surface area contributed by atoms with Gasteiger partial charge in [0.25, 0.3) is 0 Å². The van der Waals surface area contributed by atoms with E-state index in [1.807, 2.05) is 0 Å². The van der Waals surface area contributed by atoms with Gasteiger partial charge in [-0.2, -0.15) is 15.0 Å². The van der Waals surface area contributed by atoms with Gasteiger partial charge in [-0.1, -0.05) is 0 Å². The molecule has 1 fully saturated rings. The van der Waals surface area contributed by atoms with E-state index in [2.05, 4.69) is 19.9 Å². The van der Waals surface area contributed by atoms with E-state index in [9.17, 15) is 0 Å². The summed E-state index contributed by atoms with van der Waals surface area (Å²) in [6, 6.07) is 0.218. The first-order chi connectivity index (χ1) is 9.31. The van der Waals surface area contributed by atoms with E-state index in [-0.39, 0.29) is 11.3 Å². The average Bonchev–Trinajstić information content (AvgIpc) is 3.09. The first-order valence-corrected chi connectivity index (χ1v) is 6.29. The molecule has 0 bridgehead atoms. The molecule has 3 heterocycles. The van der Waals surface area contributed by atoms with Gasteiger partial charge in [-0.25, -0.2) is 4.98 Å². The maximum atomic E-state index is 5.86. The Morgan fingerprint density at radius 1 is 1.42 bits per heavy atom. The molecule has 1 unspecified atom stereocenters. The molecule has 7 nitrogen and oxygen atoms in total. The lowest BCUT2D eigenvalue weighted by molar-refractivity contribution is 0.163. The fraction of sp³-hybridized carbons (Fsp3) is 0.455. The molecular formula is C11H12ClN5O2. The van der Waals surface area contributed by atoms with Crippen LogP contribution in [0.4, 0.5) is 0 Å². The van der Waals surface area contributed by atoms with Crippen LogP contribution >= 0.6 is 11.6 Å². The monoisotopic (exact) mass is 281 g/mol. The Bertz CT molecular complexity index is 542. The normalized spacial score (nSPS) is 18.7. The van der Waals surface area contributed by atoms with Crippen molar-refractivity contribution >= 4 is 11.6 Å². The summed E-state index contributed by atoms with van der Waals surface area (Å²) in [6.07, 6.45) is 5.93. The fourth-order valence-corrected chi connectivity index (χ4v) is 1.93. The molecule has 0 saturated carbocycles.